The third-order valence-electron chi connectivity index (χ3n) is 4.23. The summed E-state index contributed by atoms with van der Waals surface area (Å²) in [4.78, 5) is 9.55. The molecule has 2 heterocycles. The molecule has 0 radical (unpaired) electrons. The Balaban J connectivity index is 1.61. The lowest BCUT2D eigenvalue weighted by Crippen LogP contribution is -2.17. The van der Waals surface area contributed by atoms with Crippen molar-refractivity contribution < 1.29 is 0 Å². The van der Waals surface area contributed by atoms with Crippen LogP contribution < -0.4 is 11.1 Å². The Morgan fingerprint density at radius 3 is 3.15 bits per heavy atom. The molecule has 0 aliphatic heterocycles. The standard InChI is InChI=1S/C15H22N4S/c1-10-3-2-4-11(9-10)5-7-17-13-12-6-8-20-14(12)19-15(16)18-13/h6,8,10-11H,2-5,7,9H2,1H3,(H3,16,17,18,19). The largest absolute Gasteiger partial charge is 0.369 e. The first-order chi connectivity index (χ1) is 9.72. The Morgan fingerprint density at radius 1 is 1.40 bits per heavy atom. The average molecular weight is 290 g/mol. The van der Waals surface area contributed by atoms with Gasteiger partial charge in [0.1, 0.15) is 10.6 Å². The van der Waals surface area contributed by atoms with Gasteiger partial charge in [-0.3, -0.25) is 0 Å². The van der Waals surface area contributed by atoms with Gasteiger partial charge in [0.05, 0.1) is 5.39 Å². The number of nitrogens with two attached hydrogens (primary N) is 1. The zero-order valence-corrected chi connectivity index (χ0v) is 12.7. The van der Waals surface area contributed by atoms with E-state index in [2.05, 4.69) is 28.3 Å². The van der Waals surface area contributed by atoms with Crippen LogP contribution in [0.5, 0.6) is 0 Å². The van der Waals surface area contributed by atoms with Gasteiger partial charge >= 0.3 is 0 Å². The third kappa shape index (κ3) is 3.03. The van der Waals surface area contributed by atoms with E-state index in [1.807, 2.05) is 5.38 Å². The SMILES string of the molecule is CC1CCCC(CCNc2nc(N)nc3sccc23)C1. The molecule has 108 valence electrons. The second-order valence-corrected chi connectivity index (χ2v) is 6.82. The lowest BCUT2D eigenvalue weighted by atomic mass is 9.81. The first-order valence-electron chi connectivity index (χ1n) is 7.47. The van der Waals surface area contributed by atoms with Crippen molar-refractivity contribution >= 4 is 33.3 Å². The number of anilines is 2. The molecular weight excluding hydrogens is 268 g/mol. The van der Waals surface area contributed by atoms with E-state index in [1.165, 1.54) is 32.1 Å². The van der Waals surface area contributed by atoms with Crippen LogP contribution >= 0.6 is 11.3 Å². The first-order valence-corrected chi connectivity index (χ1v) is 8.35. The normalized spacial score (nSPS) is 23.1. The Kier molecular flexibility index (Phi) is 4.05. The Labute approximate surface area is 123 Å². The molecule has 0 spiro atoms. The van der Waals surface area contributed by atoms with E-state index in [4.69, 9.17) is 5.73 Å². The molecule has 20 heavy (non-hydrogen) atoms. The van der Waals surface area contributed by atoms with E-state index in [0.29, 0.717) is 5.95 Å². The summed E-state index contributed by atoms with van der Waals surface area (Å²) in [6.45, 7) is 3.35. The predicted octanol–water partition coefficient (Wildman–Crippen LogP) is 3.90. The van der Waals surface area contributed by atoms with Crippen molar-refractivity contribution in [2.24, 2.45) is 11.8 Å². The molecule has 0 amide bonds. The Bertz CT molecular complexity index is 580. The van der Waals surface area contributed by atoms with Crippen molar-refractivity contribution in [2.75, 3.05) is 17.6 Å². The molecule has 5 heteroatoms. The highest BCUT2D eigenvalue weighted by Crippen LogP contribution is 2.31. The smallest absolute Gasteiger partial charge is 0.223 e. The van der Waals surface area contributed by atoms with Crippen LogP contribution in [0.3, 0.4) is 0 Å². The molecule has 0 saturated heterocycles. The van der Waals surface area contributed by atoms with Crippen LogP contribution in [0.1, 0.15) is 39.0 Å². The summed E-state index contributed by atoms with van der Waals surface area (Å²) in [6.07, 6.45) is 6.77. The monoisotopic (exact) mass is 290 g/mol. The first kappa shape index (κ1) is 13.6. The molecule has 1 aliphatic rings. The second-order valence-electron chi connectivity index (χ2n) is 5.92. The summed E-state index contributed by atoms with van der Waals surface area (Å²) in [6, 6.07) is 2.06. The topological polar surface area (TPSA) is 63.8 Å². The molecule has 2 aromatic heterocycles. The molecule has 2 atom stereocenters. The van der Waals surface area contributed by atoms with Crippen molar-refractivity contribution in [1.29, 1.82) is 0 Å². The van der Waals surface area contributed by atoms with Crippen molar-refractivity contribution in [1.82, 2.24) is 9.97 Å². The highest BCUT2D eigenvalue weighted by atomic mass is 32.1. The lowest BCUT2D eigenvalue weighted by Gasteiger charge is -2.26. The van der Waals surface area contributed by atoms with Crippen LogP contribution in [0, 0.1) is 11.8 Å². The summed E-state index contributed by atoms with van der Waals surface area (Å²) in [5, 5.41) is 6.57. The van der Waals surface area contributed by atoms with Crippen molar-refractivity contribution in [2.45, 2.75) is 39.0 Å². The molecule has 1 saturated carbocycles. The molecule has 3 N–H and O–H groups in total. The fourth-order valence-electron chi connectivity index (χ4n) is 3.22. The number of fused-ring (bicyclic) bond motifs is 1. The summed E-state index contributed by atoms with van der Waals surface area (Å²) in [5.41, 5.74) is 5.76. The van der Waals surface area contributed by atoms with Crippen molar-refractivity contribution in [3.63, 3.8) is 0 Å². The van der Waals surface area contributed by atoms with Crippen LogP contribution in [-0.4, -0.2) is 16.5 Å². The maximum Gasteiger partial charge on any atom is 0.223 e. The van der Waals surface area contributed by atoms with E-state index >= 15 is 0 Å². The van der Waals surface area contributed by atoms with Gasteiger partial charge in [-0.15, -0.1) is 11.3 Å². The molecule has 0 bridgehead atoms. The number of aromatic nitrogens is 2. The van der Waals surface area contributed by atoms with Crippen molar-refractivity contribution in [3.05, 3.63) is 11.4 Å². The van der Waals surface area contributed by atoms with Crippen LogP contribution in [-0.2, 0) is 0 Å². The highest BCUT2D eigenvalue weighted by Gasteiger charge is 2.18. The van der Waals surface area contributed by atoms with E-state index in [-0.39, 0.29) is 0 Å². The quantitative estimate of drug-likeness (QED) is 0.896. The summed E-state index contributed by atoms with van der Waals surface area (Å²) < 4.78 is 0. The fraction of sp³-hybridized carbons (Fsp3) is 0.600. The molecule has 1 aliphatic carbocycles. The van der Waals surface area contributed by atoms with E-state index < -0.39 is 0 Å². The third-order valence-corrected chi connectivity index (χ3v) is 5.04. The number of nitrogens with one attached hydrogen (secondary N) is 1. The van der Waals surface area contributed by atoms with Crippen LogP contribution in [0.25, 0.3) is 10.2 Å². The number of nitrogen functional groups attached to an aromatic ring is 1. The number of nitrogens with zero attached hydrogens (tertiary/aromatic N) is 2. The highest BCUT2D eigenvalue weighted by molar-refractivity contribution is 7.16. The van der Waals surface area contributed by atoms with Gasteiger partial charge in [-0.2, -0.15) is 4.98 Å². The van der Waals surface area contributed by atoms with Crippen LogP contribution in [0.4, 0.5) is 11.8 Å². The Morgan fingerprint density at radius 2 is 2.30 bits per heavy atom. The van der Waals surface area contributed by atoms with Gasteiger partial charge < -0.3 is 11.1 Å². The van der Waals surface area contributed by atoms with Crippen LogP contribution in [0.2, 0.25) is 0 Å². The lowest BCUT2D eigenvalue weighted by molar-refractivity contribution is 0.274. The Hall–Kier alpha value is -1.36. The number of thiophene rings is 1. The van der Waals surface area contributed by atoms with Gasteiger partial charge in [0.15, 0.2) is 0 Å². The summed E-state index contributed by atoms with van der Waals surface area (Å²) in [7, 11) is 0. The molecular formula is C15H22N4S. The van der Waals surface area contributed by atoms with Gasteiger partial charge in [0.25, 0.3) is 0 Å². The number of hydrogen-bond acceptors (Lipinski definition) is 5. The van der Waals surface area contributed by atoms with Gasteiger partial charge in [-0.05, 0) is 36.1 Å². The molecule has 4 nitrogen and oxygen atoms in total. The molecule has 0 aromatic carbocycles. The zero-order chi connectivity index (χ0) is 13.9. The average Bonchev–Trinajstić information content (AvgIpc) is 2.87. The molecule has 2 unspecified atom stereocenters. The van der Waals surface area contributed by atoms with Gasteiger partial charge in [-0.1, -0.05) is 26.2 Å². The van der Waals surface area contributed by atoms with Gasteiger partial charge in [0.2, 0.25) is 5.95 Å². The molecule has 3 rings (SSSR count). The fourth-order valence-corrected chi connectivity index (χ4v) is 3.99. The zero-order valence-electron chi connectivity index (χ0n) is 11.9. The van der Waals surface area contributed by atoms with Crippen molar-refractivity contribution in [3.8, 4) is 0 Å². The molecule has 1 fully saturated rings. The van der Waals surface area contributed by atoms with E-state index in [1.54, 1.807) is 11.3 Å². The maximum atomic E-state index is 5.76. The maximum absolute atomic E-state index is 5.76. The minimum absolute atomic E-state index is 0.355. The number of rotatable bonds is 4. The van der Waals surface area contributed by atoms with E-state index in [0.717, 1.165) is 34.4 Å². The summed E-state index contributed by atoms with van der Waals surface area (Å²) in [5.74, 6) is 3.00. The second kappa shape index (κ2) is 5.95. The molecule has 2 aromatic rings. The number of hydrogen-bond donors (Lipinski definition) is 2. The van der Waals surface area contributed by atoms with Gasteiger partial charge in [-0.25, -0.2) is 4.98 Å². The minimum Gasteiger partial charge on any atom is -0.369 e. The van der Waals surface area contributed by atoms with E-state index in [9.17, 15) is 0 Å². The van der Waals surface area contributed by atoms with Gasteiger partial charge in [0, 0.05) is 6.54 Å². The minimum atomic E-state index is 0.355. The van der Waals surface area contributed by atoms with Crippen LogP contribution in [0.15, 0.2) is 11.4 Å². The summed E-state index contributed by atoms with van der Waals surface area (Å²) >= 11 is 1.61. The predicted molar refractivity (Wildman–Crippen MR) is 86.1 cm³/mol.